The van der Waals surface area contributed by atoms with Gasteiger partial charge in [-0.05, 0) is 19.4 Å². The second kappa shape index (κ2) is 1.04. The standard InChI is InChI=1S/C7H9N/c1-7-5-6(7)3-2-4-8-7/h2-4,6H,5H2,1H3. The van der Waals surface area contributed by atoms with Crippen LogP contribution in [-0.2, 0) is 0 Å². The fourth-order valence-electron chi connectivity index (χ4n) is 1.21. The molecule has 0 radical (unpaired) electrons. The molecule has 1 fully saturated rings. The molecule has 1 nitrogen and oxygen atoms in total. The van der Waals surface area contributed by atoms with Crippen LogP contribution in [0.4, 0.5) is 0 Å². The van der Waals surface area contributed by atoms with Crippen molar-refractivity contribution in [2.75, 3.05) is 0 Å². The second-order valence-electron chi connectivity index (χ2n) is 2.83. The topological polar surface area (TPSA) is 12.4 Å². The molecule has 42 valence electrons. The van der Waals surface area contributed by atoms with E-state index in [9.17, 15) is 0 Å². The van der Waals surface area contributed by atoms with Gasteiger partial charge in [-0.15, -0.1) is 0 Å². The van der Waals surface area contributed by atoms with E-state index in [0.29, 0.717) is 5.54 Å². The predicted molar refractivity (Wildman–Crippen MR) is 34.1 cm³/mol. The van der Waals surface area contributed by atoms with Crippen LogP contribution in [0, 0.1) is 5.92 Å². The molecular weight excluding hydrogens is 98.1 g/mol. The Morgan fingerprint density at radius 1 is 1.75 bits per heavy atom. The number of nitrogens with zero attached hydrogens (tertiary/aromatic N) is 1. The Labute approximate surface area is 49.1 Å². The number of hydrogen-bond donors (Lipinski definition) is 0. The summed E-state index contributed by atoms with van der Waals surface area (Å²) in [5.41, 5.74) is 0.328. The molecule has 0 aromatic carbocycles. The average Bonchev–Trinajstić information content (AvgIpc) is 2.39. The van der Waals surface area contributed by atoms with Crippen molar-refractivity contribution in [1.82, 2.24) is 0 Å². The number of dihydropyridines is 1. The van der Waals surface area contributed by atoms with Gasteiger partial charge in [-0.3, -0.25) is 4.99 Å². The third kappa shape index (κ3) is 0.391. The van der Waals surface area contributed by atoms with Gasteiger partial charge in [0.2, 0.25) is 0 Å². The first kappa shape index (κ1) is 4.30. The number of hydrogen-bond acceptors (Lipinski definition) is 1. The van der Waals surface area contributed by atoms with E-state index < -0.39 is 0 Å². The summed E-state index contributed by atoms with van der Waals surface area (Å²) in [5.74, 6) is 0.771. The molecule has 1 saturated carbocycles. The van der Waals surface area contributed by atoms with E-state index in [1.807, 2.05) is 12.3 Å². The summed E-state index contributed by atoms with van der Waals surface area (Å²) in [6, 6.07) is 0. The lowest BCUT2D eigenvalue weighted by Gasteiger charge is -2.02. The smallest absolute Gasteiger partial charge is 0.0649 e. The second-order valence-corrected chi connectivity index (χ2v) is 2.83. The van der Waals surface area contributed by atoms with Crippen molar-refractivity contribution in [2.24, 2.45) is 10.9 Å². The first-order valence-electron chi connectivity index (χ1n) is 3.03. The molecule has 1 aliphatic heterocycles. The summed E-state index contributed by atoms with van der Waals surface area (Å²) in [7, 11) is 0. The Morgan fingerprint density at radius 2 is 2.62 bits per heavy atom. The van der Waals surface area contributed by atoms with E-state index in [2.05, 4.69) is 18.0 Å². The molecule has 0 amide bonds. The van der Waals surface area contributed by atoms with Crippen molar-refractivity contribution in [3.8, 4) is 0 Å². The summed E-state index contributed by atoms with van der Waals surface area (Å²) < 4.78 is 0. The largest absolute Gasteiger partial charge is 0.286 e. The van der Waals surface area contributed by atoms with Crippen molar-refractivity contribution >= 4 is 6.21 Å². The van der Waals surface area contributed by atoms with Crippen molar-refractivity contribution in [2.45, 2.75) is 18.9 Å². The van der Waals surface area contributed by atoms with Gasteiger partial charge < -0.3 is 0 Å². The highest BCUT2D eigenvalue weighted by Gasteiger charge is 2.48. The number of fused-ring (bicyclic) bond motifs is 1. The Bertz CT molecular complexity index is 169. The monoisotopic (exact) mass is 107 g/mol. The van der Waals surface area contributed by atoms with Crippen LogP contribution in [0.25, 0.3) is 0 Å². The molecule has 8 heavy (non-hydrogen) atoms. The third-order valence-electron chi connectivity index (χ3n) is 2.07. The summed E-state index contributed by atoms with van der Waals surface area (Å²) >= 11 is 0. The van der Waals surface area contributed by atoms with Gasteiger partial charge in [0.1, 0.15) is 0 Å². The normalized spacial score (nSPS) is 48.9. The number of rotatable bonds is 0. The van der Waals surface area contributed by atoms with Crippen LogP contribution in [0.5, 0.6) is 0 Å². The molecule has 1 aliphatic carbocycles. The minimum Gasteiger partial charge on any atom is -0.286 e. The Morgan fingerprint density at radius 3 is 3.12 bits per heavy atom. The lowest BCUT2D eigenvalue weighted by atomic mass is 10.2. The van der Waals surface area contributed by atoms with Crippen LogP contribution < -0.4 is 0 Å². The van der Waals surface area contributed by atoms with Gasteiger partial charge in [0.15, 0.2) is 0 Å². The van der Waals surface area contributed by atoms with E-state index in [1.165, 1.54) is 6.42 Å². The van der Waals surface area contributed by atoms with Crippen molar-refractivity contribution in [3.63, 3.8) is 0 Å². The minimum atomic E-state index is 0.328. The van der Waals surface area contributed by atoms with E-state index >= 15 is 0 Å². The van der Waals surface area contributed by atoms with E-state index in [4.69, 9.17) is 0 Å². The van der Waals surface area contributed by atoms with Gasteiger partial charge in [0.05, 0.1) is 5.54 Å². The molecule has 0 bridgehead atoms. The van der Waals surface area contributed by atoms with Crippen LogP contribution >= 0.6 is 0 Å². The van der Waals surface area contributed by atoms with Gasteiger partial charge in [0, 0.05) is 12.1 Å². The van der Waals surface area contributed by atoms with Gasteiger partial charge in [-0.25, -0.2) is 0 Å². The first-order chi connectivity index (χ1) is 3.81. The summed E-state index contributed by atoms with van der Waals surface area (Å²) in [6.45, 7) is 2.21. The van der Waals surface area contributed by atoms with Crippen molar-refractivity contribution < 1.29 is 0 Å². The minimum absolute atomic E-state index is 0.328. The van der Waals surface area contributed by atoms with Gasteiger partial charge in [0.25, 0.3) is 0 Å². The van der Waals surface area contributed by atoms with E-state index in [0.717, 1.165) is 5.92 Å². The highest BCUT2D eigenvalue weighted by molar-refractivity contribution is 5.74. The quantitative estimate of drug-likeness (QED) is 0.443. The van der Waals surface area contributed by atoms with Crippen molar-refractivity contribution in [3.05, 3.63) is 12.2 Å². The zero-order valence-corrected chi connectivity index (χ0v) is 4.96. The maximum absolute atomic E-state index is 4.32. The maximum atomic E-state index is 4.32. The van der Waals surface area contributed by atoms with E-state index in [-0.39, 0.29) is 0 Å². The Balaban J connectivity index is 2.33. The average molecular weight is 107 g/mol. The third-order valence-corrected chi connectivity index (χ3v) is 2.07. The van der Waals surface area contributed by atoms with E-state index in [1.54, 1.807) is 0 Å². The van der Waals surface area contributed by atoms with Crippen LogP contribution in [-0.4, -0.2) is 11.8 Å². The molecule has 2 unspecified atom stereocenters. The molecule has 2 aliphatic rings. The van der Waals surface area contributed by atoms with Gasteiger partial charge in [-0.1, -0.05) is 6.08 Å². The van der Waals surface area contributed by atoms with Gasteiger partial charge >= 0.3 is 0 Å². The summed E-state index contributed by atoms with van der Waals surface area (Å²) in [6.07, 6.45) is 7.45. The highest BCUT2D eigenvalue weighted by Crippen LogP contribution is 2.48. The molecular formula is C7H9N. The molecule has 0 spiro atoms. The molecule has 0 saturated heterocycles. The van der Waals surface area contributed by atoms with Crippen LogP contribution in [0.2, 0.25) is 0 Å². The Hall–Kier alpha value is -0.590. The fraction of sp³-hybridized carbons (Fsp3) is 0.571. The highest BCUT2D eigenvalue weighted by atomic mass is 14.9. The first-order valence-corrected chi connectivity index (χ1v) is 3.03. The van der Waals surface area contributed by atoms with Crippen LogP contribution in [0.1, 0.15) is 13.3 Å². The fourth-order valence-corrected chi connectivity index (χ4v) is 1.21. The predicted octanol–water partition coefficient (Wildman–Crippen LogP) is 1.41. The Kier molecular flexibility index (Phi) is 0.561. The number of allylic oxidation sites excluding steroid dienone is 1. The summed E-state index contributed by atoms with van der Waals surface area (Å²) in [5, 5.41) is 0. The molecule has 1 heterocycles. The molecule has 0 N–H and O–H groups in total. The molecule has 2 atom stereocenters. The SMILES string of the molecule is CC12CC1C=CC=N2. The number of aliphatic imine (C=N–C) groups is 1. The zero-order valence-electron chi connectivity index (χ0n) is 4.96. The zero-order chi connectivity index (χ0) is 5.61. The maximum Gasteiger partial charge on any atom is 0.0649 e. The van der Waals surface area contributed by atoms with Gasteiger partial charge in [-0.2, -0.15) is 0 Å². The summed E-state index contributed by atoms with van der Waals surface area (Å²) in [4.78, 5) is 4.32. The molecule has 0 aromatic heterocycles. The lowest BCUT2D eigenvalue weighted by Crippen LogP contribution is -2.02. The molecule has 0 aromatic rings. The van der Waals surface area contributed by atoms with Crippen LogP contribution in [0.15, 0.2) is 17.1 Å². The molecule has 1 heteroatoms. The lowest BCUT2D eigenvalue weighted by molar-refractivity contribution is 0.718. The van der Waals surface area contributed by atoms with Crippen LogP contribution in [0.3, 0.4) is 0 Å². The van der Waals surface area contributed by atoms with Crippen molar-refractivity contribution in [1.29, 1.82) is 0 Å². The molecule has 2 rings (SSSR count).